The molecule has 3 heteroatoms. The van der Waals surface area contributed by atoms with Crippen molar-refractivity contribution in [3.05, 3.63) is 29.8 Å². The number of hydrogen-bond acceptors (Lipinski definition) is 3. The van der Waals surface area contributed by atoms with E-state index in [4.69, 9.17) is 4.74 Å². The maximum atomic E-state index is 10.0. The highest BCUT2D eigenvalue weighted by Gasteiger charge is 2.19. The fourth-order valence-corrected chi connectivity index (χ4v) is 1.63. The van der Waals surface area contributed by atoms with Gasteiger partial charge in [-0.25, -0.2) is 0 Å². The normalized spacial score (nSPS) is 14.7. The van der Waals surface area contributed by atoms with E-state index in [0.717, 1.165) is 11.3 Å². The van der Waals surface area contributed by atoms with Crippen LogP contribution in [0, 0.1) is 0 Å². The average Bonchev–Trinajstić information content (AvgIpc) is 2.18. The molecule has 2 N–H and O–H groups in total. The minimum absolute atomic E-state index is 0.582. The highest BCUT2D eigenvalue weighted by molar-refractivity contribution is 5.28. The smallest absolute Gasteiger partial charge is 0.118 e. The molecule has 1 rings (SSSR count). The zero-order valence-electron chi connectivity index (χ0n) is 9.58. The molecule has 1 unspecified atom stereocenters. The van der Waals surface area contributed by atoms with Gasteiger partial charge in [0.15, 0.2) is 0 Å². The van der Waals surface area contributed by atoms with Crippen LogP contribution in [0.1, 0.15) is 12.5 Å². The molecule has 0 aliphatic rings. The summed E-state index contributed by atoms with van der Waals surface area (Å²) in [5.41, 5.74) is 0.402. The Morgan fingerprint density at radius 2 is 1.93 bits per heavy atom. The quantitative estimate of drug-likeness (QED) is 0.766. The van der Waals surface area contributed by atoms with Crippen LogP contribution in [0.4, 0.5) is 0 Å². The SMILES string of the molecule is CNCC(C)(O)Cc1ccc(OC)cc1. The minimum Gasteiger partial charge on any atom is -0.497 e. The van der Waals surface area contributed by atoms with E-state index in [-0.39, 0.29) is 0 Å². The van der Waals surface area contributed by atoms with Crippen LogP contribution in [0.25, 0.3) is 0 Å². The first-order chi connectivity index (χ1) is 7.07. The minimum atomic E-state index is -0.705. The second-order valence-electron chi connectivity index (χ2n) is 4.05. The van der Waals surface area contributed by atoms with E-state index in [0.29, 0.717) is 13.0 Å². The maximum absolute atomic E-state index is 10.0. The molecule has 0 saturated heterocycles. The van der Waals surface area contributed by atoms with Crippen molar-refractivity contribution >= 4 is 0 Å². The van der Waals surface area contributed by atoms with Gasteiger partial charge in [0.25, 0.3) is 0 Å². The van der Waals surface area contributed by atoms with E-state index in [1.165, 1.54) is 0 Å². The summed E-state index contributed by atoms with van der Waals surface area (Å²) in [6, 6.07) is 7.77. The van der Waals surface area contributed by atoms with Gasteiger partial charge in [-0.2, -0.15) is 0 Å². The van der Waals surface area contributed by atoms with Crippen LogP contribution >= 0.6 is 0 Å². The molecule has 0 aliphatic carbocycles. The number of ether oxygens (including phenoxy) is 1. The number of rotatable bonds is 5. The average molecular weight is 209 g/mol. The van der Waals surface area contributed by atoms with Gasteiger partial charge in [0.1, 0.15) is 5.75 Å². The van der Waals surface area contributed by atoms with Gasteiger partial charge in [0.2, 0.25) is 0 Å². The molecule has 0 saturated carbocycles. The van der Waals surface area contributed by atoms with Gasteiger partial charge in [0, 0.05) is 13.0 Å². The van der Waals surface area contributed by atoms with Crippen LogP contribution in [0.5, 0.6) is 5.75 Å². The molecule has 1 aromatic rings. The summed E-state index contributed by atoms with van der Waals surface area (Å²) in [6.07, 6.45) is 0.637. The molecule has 1 aromatic carbocycles. The van der Waals surface area contributed by atoms with E-state index in [1.807, 2.05) is 38.2 Å². The summed E-state index contributed by atoms with van der Waals surface area (Å²) in [5, 5.41) is 13.0. The van der Waals surface area contributed by atoms with Crippen molar-refractivity contribution in [3.8, 4) is 5.75 Å². The predicted octanol–water partition coefficient (Wildman–Crippen LogP) is 1.21. The van der Waals surface area contributed by atoms with E-state index in [2.05, 4.69) is 5.32 Å². The molecule has 0 fully saturated rings. The summed E-state index contributed by atoms with van der Waals surface area (Å²) < 4.78 is 5.07. The van der Waals surface area contributed by atoms with Gasteiger partial charge >= 0.3 is 0 Å². The monoisotopic (exact) mass is 209 g/mol. The van der Waals surface area contributed by atoms with Crippen LogP contribution in [0.2, 0.25) is 0 Å². The summed E-state index contributed by atoms with van der Waals surface area (Å²) in [4.78, 5) is 0. The molecular formula is C12H19NO2. The Kier molecular flexibility index (Phi) is 4.12. The second-order valence-corrected chi connectivity index (χ2v) is 4.05. The van der Waals surface area contributed by atoms with Crippen LogP contribution in [0.3, 0.4) is 0 Å². The standard InChI is InChI=1S/C12H19NO2/c1-12(14,9-13-2)8-10-4-6-11(15-3)7-5-10/h4-7,13-14H,8-9H2,1-3H3. The van der Waals surface area contributed by atoms with Crippen molar-refractivity contribution in [1.29, 1.82) is 0 Å². The number of aliphatic hydroxyl groups is 1. The lowest BCUT2D eigenvalue weighted by Crippen LogP contribution is -2.38. The maximum Gasteiger partial charge on any atom is 0.118 e. The highest BCUT2D eigenvalue weighted by atomic mass is 16.5. The fraction of sp³-hybridized carbons (Fsp3) is 0.500. The van der Waals surface area contributed by atoms with Crippen LogP contribution in [0.15, 0.2) is 24.3 Å². The van der Waals surface area contributed by atoms with Gasteiger partial charge in [-0.1, -0.05) is 12.1 Å². The van der Waals surface area contributed by atoms with Crippen molar-refractivity contribution in [2.45, 2.75) is 18.9 Å². The lowest BCUT2D eigenvalue weighted by atomic mass is 9.96. The van der Waals surface area contributed by atoms with Crippen molar-refractivity contribution < 1.29 is 9.84 Å². The summed E-state index contributed by atoms with van der Waals surface area (Å²) >= 11 is 0. The summed E-state index contributed by atoms with van der Waals surface area (Å²) in [5.74, 6) is 0.840. The van der Waals surface area contributed by atoms with Gasteiger partial charge in [0.05, 0.1) is 12.7 Å². The lowest BCUT2D eigenvalue weighted by Gasteiger charge is -2.22. The van der Waals surface area contributed by atoms with E-state index in [9.17, 15) is 5.11 Å². The van der Waals surface area contributed by atoms with Gasteiger partial charge in [-0.05, 0) is 31.7 Å². The van der Waals surface area contributed by atoms with Crippen molar-refractivity contribution in [3.63, 3.8) is 0 Å². The Labute approximate surface area is 91.1 Å². The molecule has 0 spiro atoms. The Bertz CT molecular complexity index is 293. The predicted molar refractivity (Wildman–Crippen MR) is 61.2 cm³/mol. The van der Waals surface area contributed by atoms with Crippen LogP contribution < -0.4 is 10.1 Å². The van der Waals surface area contributed by atoms with Gasteiger partial charge in [-0.3, -0.25) is 0 Å². The first kappa shape index (κ1) is 12.0. The summed E-state index contributed by atoms with van der Waals surface area (Å²) in [7, 11) is 3.48. The molecule has 15 heavy (non-hydrogen) atoms. The van der Waals surface area contributed by atoms with Crippen molar-refractivity contribution in [1.82, 2.24) is 5.32 Å². The first-order valence-corrected chi connectivity index (χ1v) is 5.07. The molecule has 0 radical (unpaired) electrons. The number of hydrogen-bond donors (Lipinski definition) is 2. The largest absolute Gasteiger partial charge is 0.497 e. The Hall–Kier alpha value is -1.06. The number of nitrogens with one attached hydrogen (secondary N) is 1. The lowest BCUT2D eigenvalue weighted by molar-refractivity contribution is 0.0622. The summed E-state index contributed by atoms with van der Waals surface area (Å²) in [6.45, 7) is 2.41. The second kappa shape index (κ2) is 5.14. The van der Waals surface area contributed by atoms with Crippen molar-refractivity contribution in [2.75, 3.05) is 20.7 Å². The third-order valence-electron chi connectivity index (χ3n) is 2.30. The van der Waals surface area contributed by atoms with E-state index < -0.39 is 5.60 Å². The molecule has 84 valence electrons. The molecule has 3 nitrogen and oxygen atoms in total. The Morgan fingerprint density at radius 1 is 1.33 bits per heavy atom. The number of benzene rings is 1. The van der Waals surface area contributed by atoms with E-state index >= 15 is 0 Å². The third-order valence-corrected chi connectivity index (χ3v) is 2.30. The highest BCUT2D eigenvalue weighted by Crippen LogP contribution is 2.16. The fourth-order valence-electron chi connectivity index (χ4n) is 1.63. The van der Waals surface area contributed by atoms with E-state index in [1.54, 1.807) is 7.11 Å². The molecule has 0 amide bonds. The molecule has 0 bridgehead atoms. The zero-order valence-corrected chi connectivity index (χ0v) is 9.58. The zero-order chi connectivity index (χ0) is 11.3. The molecule has 1 atom stereocenters. The molecule has 0 aliphatic heterocycles. The third kappa shape index (κ3) is 3.90. The van der Waals surface area contributed by atoms with Gasteiger partial charge < -0.3 is 15.2 Å². The van der Waals surface area contributed by atoms with Crippen LogP contribution in [-0.4, -0.2) is 31.4 Å². The Morgan fingerprint density at radius 3 is 2.40 bits per heavy atom. The first-order valence-electron chi connectivity index (χ1n) is 5.07. The van der Waals surface area contributed by atoms with Gasteiger partial charge in [-0.15, -0.1) is 0 Å². The number of methoxy groups -OCH3 is 1. The molecule has 0 heterocycles. The van der Waals surface area contributed by atoms with Crippen LogP contribution in [-0.2, 0) is 6.42 Å². The number of likely N-dealkylation sites (N-methyl/N-ethyl adjacent to an activating group) is 1. The molecular weight excluding hydrogens is 190 g/mol. The Balaban J connectivity index is 2.64. The molecule has 0 aromatic heterocycles. The van der Waals surface area contributed by atoms with Crippen molar-refractivity contribution in [2.24, 2.45) is 0 Å². The topological polar surface area (TPSA) is 41.5 Å².